The van der Waals surface area contributed by atoms with Crippen molar-refractivity contribution in [1.82, 2.24) is 5.01 Å². The van der Waals surface area contributed by atoms with Gasteiger partial charge < -0.3 is 4.74 Å². The number of hydrogen-bond acceptors (Lipinski definition) is 4. The van der Waals surface area contributed by atoms with Gasteiger partial charge in [-0.3, -0.25) is 0 Å². The van der Waals surface area contributed by atoms with Crippen molar-refractivity contribution < 1.29 is 4.74 Å². The number of para-hydroxylation sites is 1. The topological polar surface area (TPSA) is 24.8 Å². The Bertz CT molecular complexity index is 1190. The molecule has 0 saturated carbocycles. The first kappa shape index (κ1) is 15.9. The van der Waals surface area contributed by atoms with Crippen LogP contribution in [0.2, 0.25) is 0 Å². The van der Waals surface area contributed by atoms with Gasteiger partial charge in [-0.25, -0.2) is 5.01 Å². The Morgan fingerprint density at radius 3 is 2.61 bits per heavy atom. The summed E-state index contributed by atoms with van der Waals surface area (Å²) < 4.78 is 6.53. The second-order valence-electron chi connectivity index (χ2n) is 7.20. The smallest absolute Gasteiger partial charge is 0.214 e. The minimum atomic E-state index is -0.233. The molecule has 6 rings (SSSR count). The predicted octanol–water partition coefficient (Wildman–Crippen LogP) is 6.14. The van der Waals surface area contributed by atoms with E-state index < -0.39 is 0 Å². The Hall–Kier alpha value is -3.11. The summed E-state index contributed by atoms with van der Waals surface area (Å²) in [7, 11) is 0. The lowest BCUT2D eigenvalue weighted by molar-refractivity contribution is -0.0180. The molecule has 2 atom stereocenters. The number of fused-ring (bicyclic) bond motifs is 4. The summed E-state index contributed by atoms with van der Waals surface area (Å²) in [6.07, 6.45) is 0.672. The van der Waals surface area contributed by atoms with Crippen LogP contribution < -0.4 is 4.74 Å². The van der Waals surface area contributed by atoms with Gasteiger partial charge in [0.05, 0.1) is 16.6 Å². The first-order valence-corrected chi connectivity index (χ1v) is 10.4. The van der Waals surface area contributed by atoms with Crippen LogP contribution >= 0.6 is 11.3 Å². The minimum absolute atomic E-state index is 0.200. The van der Waals surface area contributed by atoms with Gasteiger partial charge in [0.25, 0.3) is 0 Å². The van der Waals surface area contributed by atoms with Crippen molar-refractivity contribution in [2.75, 3.05) is 0 Å². The number of nitrogens with zero attached hydrogens (tertiary/aromatic N) is 2. The van der Waals surface area contributed by atoms with Crippen LogP contribution in [-0.4, -0.2) is 10.7 Å². The molecule has 4 aromatic rings. The minimum Gasteiger partial charge on any atom is -0.464 e. The van der Waals surface area contributed by atoms with Crippen molar-refractivity contribution >= 4 is 27.8 Å². The maximum atomic E-state index is 6.53. The van der Waals surface area contributed by atoms with Crippen molar-refractivity contribution in [2.45, 2.75) is 18.7 Å². The van der Waals surface area contributed by atoms with Crippen molar-refractivity contribution in [1.29, 1.82) is 0 Å². The molecule has 0 N–H and O–H groups in total. The largest absolute Gasteiger partial charge is 0.464 e. The zero-order chi connectivity index (χ0) is 18.5. The van der Waals surface area contributed by atoms with Crippen LogP contribution in [0.5, 0.6) is 5.75 Å². The van der Waals surface area contributed by atoms with Gasteiger partial charge in [0, 0.05) is 17.5 Å². The maximum absolute atomic E-state index is 6.53. The molecule has 0 bridgehead atoms. The van der Waals surface area contributed by atoms with Gasteiger partial charge in [-0.05, 0) is 28.3 Å². The molecule has 2 aliphatic heterocycles. The number of thiophene rings is 1. The molecule has 0 aliphatic carbocycles. The third-order valence-corrected chi connectivity index (χ3v) is 6.51. The summed E-state index contributed by atoms with van der Waals surface area (Å²) in [5.74, 6) is 0.962. The monoisotopic (exact) mass is 382 g/mol. The lowest BCUT2D eigenvalue weighted by atomic mass is 9.96. The molecule has 0 unspecified atom stereocenters. The quantitative estimate of drug-likeness (QED) is 0.416. The predicted molar refractivity (Wildman–Crippen MR) is 114 cm³/mol. The van der Waals surface area contributed by atoms with E-state index in [1.54, 1.807) is 11.3 Å². The fourth-order valence-electron chi connectivity index (χ4n) is 4.30. The zero-order valence-corrected chi connectivity index (χ0v) is 16.0. The highest BCUT2D eigenvalue weighted by molar-refractivity contribution is 7.12. The second-order valence-corrected chi connectivity index (χ2v) is 8.15. The standard InChI is InChI=1S/C24H18N2OS/c1-2-9-17-16(7-1)8-5-11-18(17)24-26-21(19-10-3-4-12-22(19)27-24)15-20(25-26)23-13-6-14-28-23/h1-14,21,24H,15H2/t21-,24+/m1/s1. The Morgan fingerprint density at radius 1 is 0.857 bits per heavy atom. The molecule has 4 heteroatoms. The van der Waals surface area contributed by atoms with E-state index in [-0.39, 0.29) is 12.3 Å². The highest BCUT2D eigenvalue weighted by Gasteiger charge is 2.41. The fourth-order valence-corrected chi connectivity index (χ4v) is 5.02. The van der Waals surface area contributed by atoms with Crippen LogP contribution in [0.4, 0.5) is 0 Å². The van der Waals surface area contributed by atoms with E-state index in [4.69, 9.17) is 9.84 Å². The lowest BCUT2D eigenvalue weighted by Crippen LogP contribution is -2.33. The van der Waals surface area contributed by atoms with E-state index >= 15 is 0 Å². The summed E-state index contributed by atoms with van der Waals surface area (Å²) in [4.78, 5) is 1.24. The first-order chi connectivity index (χ1) is 13.9. The molecule has 0 saturated heterocycles. The molecule has 0 fully saturated rings. The molecule has 0 radical (unpaired) electrons. The van der Waals surface area contributed by atoms with Crippen molar-refractivity contribution in [3.8, 4) is 5.75 Å². The van der Waals surface area contributed by atoms with Crippen LogP contribution in [0.3, 0.4) is 0 Å². The highest BCUT2D eigenvalue weighted by Crippen LogP contribution is 2.48. The number of hydrazone groups is 1. The van der Waals surface area contributed by atoms with E-state index in [0.29, 0.717) is 0 Å². The molecule has 2 aliphatic rings. The molecule has 0 spiro atoms. The summed E-state index contributed by atoms with van der Waals surface area (Å²) >= 11 is 1.75. The third-order valence-electron chi connectivity index (χ3n) is 5.59. The van der Waals surface area contributed by atoms with Crippen molar-refractivity contribution in [3.63, 3.8) is 0 Å². The number of ether oxygens (including phenoxy) is 1. The maximum Gasteiger partial charge on any atom is 0.214 e. The summed E-state index contributed by atoms with van der Waals surface area (Å²) in [5.41, 5.74) is 3.52. The van der Waals surface area contributed by atoms with Crippen LogP contribution in [0.25, 0.3) is 10.8 Å². The molecule has 28 heavy (non-hydrogen) atoms. The van der Waals surface area contributed by atoms with E-state index in [1.807, 2.05) is 6.07 Å². The average Bonchev–Trinajstić information content (AvgIpc) is 3.43. The van der Waals surface area contributed by atoms with E-state index in [1.165, 1.54) is 21.2 Å². The number of hydrogen-bond donors (Lipinski definition) is 0. The van der Waals surface area contributed by atoms with Crippen molar-refractivity contribution in [3.05, 3.63) is 100 Å². The van der Waals surface area contributed by atoms with Gasteiger partial charge in [0.2, 0.25) is 6.23 Å². The number of benzene rings is 3. The summed E-state index contributed by atoms with van der Waals surface area (Å²) in [5, 5.41) is 11.8. The first-order valence-electron chi connectivity index (χ1n) is 9.51. The second kappa shape index (κ2) is 6.21. The SMILES string of the molecule is c1csc(C2=NN3[C@H](C2)c2ccccc2O[C@H]3c2cccc3ccccc23)c1. The van der Waals surface area contributed by atoms with Crippen molar-refractivity contribution in [2.24, 2.45) is 5.10 Å². The van der Waals surface area contributed by atoms with Gasteiger partial charge in [-0.2, -0.15) is 5.10 Å². The Morgan fingerprint density at radius 2 is 1.68 bits per heavy atom. The molecule has 3 nitrogen and oxygen atoms in total. The molecule has 136 valence electrons. The van der Waals surface area contributed by atoms with Gasteiger partial charge in [-0.1, -0.05) is 66.7 Å². The third kappa shape index (κ3) is 2.38. The number of rotatable bonds is 2. The lowest BCUT2D eigenvalue weighted by Gasteiger charge is -2.38. The Labute approximate surface area is 167 Å². The van der Waals surface area contributed by atoms with Gasteiger partial charge >= 0.3 is 0 Å². The Balaban J connectivity index is 1.53. The van der Waals surface area contributed by atoms with E-state index in [9.17, 15) is 0 Å². The van der Waals surface area contributed by atoms with E-state index in [0.717, 1.165) is 23.4 Å². The van der Waals surface area contributed by atoms with E-state index in [2.05, 4.69) is 83.2 Å². The van der Waals surface area contributed by atoms with Crippen LogP contribution in [-0.2, 0) is 0 Å². The summed E-state index contributed by atoms with van der Waals surface area (Å²) in [6.45, 7) is 0. The van der Waals surface area contributed by atoms with Gasteiger partial charge in [0.15, 0.2) is 0 Å². The fraction of sp³-hybridized carbons (Fsp3) is 0.125. The summed E-state index contributed by atoms with van der Waals surface area (Å²) in [6, 6.07) is 27.7. The van der Waals surface area contributed by atoms with Gasteiger partial charge in [0.1, 0.15) is 5.75 Å². The average molecular weight is 382 g/mol. The Kier molecular flexibility index (Phi) is 3.53. The van der Waals surface area contributed by atoms with Crippen LogP contribution in [0.1, 0.15) is 34.7 Å². The molecule has 3 heterocycles. The van der Waals surface area contributed by atoms with Gasteiger partial charge in [-0.15, -0.1) is 11.3 Å². The molecular weight excluding hydrogens is 364 g/mol. The zero-order valence-electron chi connectivity index (χ0n) is 15.2. The molecule has 0 amide bonds. The van der Waals surface area contributed by atoms with Crippen LogP contribution in [0.15, 0.2) is 89.3 Å². The highest BCUT2D eigenvalue weighted by atomic mass is 32.1. The molecular formula is C24H18N2OS. The molecule has 1 aromatic heterocycles. The van der Waals surface area contributed by atoms with Crippen LogP contribution in [0, 0.1) is 0 Å². The normalized spacial score (nSPS) is 20.4. The molecule has 3 aromatic carbocycles.